The Hall–Kier alpha value is -2.70. The summed E-state index contributed by atoms with van der Waals surface area (Å²) in [5.41, 5.74) is 4.69. The van der Waals surface area contributed by atoms with Crippen LogP contribution in [0.4, 0.5) is 0 Å². The van der Waals surface area contributed by atoms with Crippen LogP contribution >= 0.6 is 0 Å². The van der Waals surface area contributed by atoms with E-state index in [0.29, 0.717) is 10.8 Å². The molecule has 0 aliphatic heterocycles. The molecule has 0 bridgehead atoms. The molecule has 0 aliphatic rings. The Morgan fingerprint density at radius 3 is 2.50 bits per heavy atom. The highest BCUT2D eigenvalue weighted by Crippen LogP contribution is 2.14. The molecule has 0 spiro atoms. The van der Waals surface area contributed by atoms with Crippen molar-refractivity contribution < 1.29 is 14.3 Å². The molecule has 0 radical (unpaired) electrons. The Kier molecular flexibility index (Phi) is 3.51. The van der Waals surface area contributed by atoms with Crippen LogP contribution in [0.2, 0.25) is 0 Å². The number of aryl methyl sites for hydroxylation is 1. The fourth-order valence-corrected chi connectivity index (χ4v) is 1.72. The predicted molar refractivity (Wildman–Crippen MR) is 71.1 cm³/mol. The number of ether oxygens (including phenoxy) is 1. The lowest BCUT2D eigenvalue weighted by molar-refractivity contribution is -0.125. The molecule has 1 aromatic heterocycles. The van der Waals surface area contributed by atoms with Crippen LogP contribution < -0.4 is 11.3 Å². The number of rotatable bonds is 3. The number of amides is 1. The van der Waals surface area contributed by atoms with Gasteiger partial charge in [-0.25, -0.2) is 9.48 Å². The first-order valence-corrected chi connectivity index (χ1v) is 5.88. The molecule has 0 aliphatic carbocycles. The highest BCUT2D eigenvalue weighted by atomic mass is 16.5. The van der Waals surface area contributed by atoms with Crippen molar-refractivity contribution in [3.05, 3.63) is 40.3 Å². The van der Waals surface area contributed by atoms with Gasteiger partial charge in [0.2, 0.25) is 0 Å². The molecule has 1 amide bonds. The summed E-state index contributed by atoms with van der Waals surface area (Å²) in [6.07, 6.45) is -1.07. The summed E-state index contributed by atoms with van der Waals surface area (Å²) in [4.78, 5) is 34.9. The van der Waals surface area contributed by atoms with Crippen molar-refractivity contribution in [1.82, 2.24) is 9.78 Å². The zero-order valence-electron chi connectivity index (χ0n) is 11.0. The van der Waals surface area contributed by atoms with Crippen LogP contribution in [0.1, 0.15) is 17.4 Å². The topological polar surface area (TPSA) is 104 Å². The van der Waals surface area contributed by atoms with Crippen LogP contribution in [-0.2, 0) is 16.6 Å². The largest absolute Gasteiger partial charge is 0.448 e. The van der Waals surface area contributed by atoms with Crippen LogP contribution in [0.3, 0.4) is 0 Å². The molecule has 1 aromatic carbocycles. The lowest BCUT2D eigenvalue weighted by Crippen LogP contribution is -2.32. The number of nitrogens with two attached hydrogens (primary N) is 1. The maximum absolute atomic E-state index is 12.0. The minimum atomic E-state index is -1.07. The van der Waals surface area contributed by atoms with E-state index in [1.165, 1.54) is 14.0 Å². The molecule has 2 N–H and O–H groups in total. The van der Waals surface area contributed by atoms with Gasteiger partial charge in [-0.1, -0.05) is 18.2 Å². The fraction of sp³-hybridized carbons (Fsp3) is 0.231. The highest BCUT2D eigenvalue weighted by Gasteiger charge is 2.21. The molecular weight excluding hydrogens is 262 g/mol. The fourth-order valence-electron chi connectivity index (χ4n) is 1.72. The first-order chi connectivity index (χ1) is 9.41. The maximum Gasteiger partial charge on any atom is 0.360 e. The monoisotopic (exact) mass is 275 g/mol. The van der Waals surface area contributed by atoms with Crippen LogP contribution in [0.25, 0.3) is 10.8 Å². The number of hydrogen-bond acceptors (Lipinski definition) is 5. The molecule has 0 fully saturated rings. The van der Waals surface area contributed by atoms with Gasteiger partial charge in [0.05, 0.1) is 5.39 Å². The Labute approximate surface area is 113 Å². The SMILES string of the molecule is CC(OC(=O)c1nn(C)c(=O)c2ccccc12)C(N)=O. The molecule has 1 heterocycles. The van der Waals surface area contributed by atoms with Gasteiger partial charge in [0.25, 0.3) is 11.5 Å². The average molecular weight is 275 g/mol. The minimum Gasteiger partial charge on any atom is -0.448 e. The molecule has 0 saturated carbocycles. The third-order valence-corrected chi connectivity index (χ3v) is 2.83. The smallest absolute Gasteiger partial charge is 0.360 e. The van der Waals surface area contributed by atoms with Crippen molar-refractivity contribution in [1.29, 1.82) is 0 Å². The first kappa shape index (κ1) is 13.7. The van der Waals surface area contributed by atoms with E-state index in [-0.39, 0.29) is 11.3 Å². The minimum absolute atomic E-state index is 0.0317. The van der Waals surface area contributed by atoms with E-state index in [9.17, 15) is 14.4 Å². The summed E-state index contributed by atoms with van der Waals surface area (Å²) in [5, 5.41) is 4.61. The summed E-state index contributed by atoms with van der Waals surface area (Å²) in [6, 6.07) is 6.55. The summed E-state index contributed by atoms with van der Waals surface area (Å²) in [7, 11) is 1.43. The number of benzene rings is 1. The van der Waals surface area contributed by atoms with E-state index in [1.54, 1.807) is 24.3 Å². The second-order valence-electron chi connectivity index (χ2n) is 4.27. The van der Waals surface area contributed by atoms with E-state index in [2.05, 4.69) is 5.10 Å². The molecule has 2 aromatic rings. The molecular formula is C13H13N3O4. The maximum atomic E-state index is 12.0. The van der Waals surface area contributed by atoms with Crippen molar-refractivity contribution in [2.75, 3.05) is 0 Å². The van der Waals surface area contributed by atoms with E-state index in [4.69, 9.17) is 10.5 Å². The van der Waals surface area contributed by atoms with Crippen molar-refractivity contribution in [3.8, 4) is 0 Å². The summed E-state index contributed by atoms with van der Waals surface area (Å²) < 4.78 is 5.96. The second-order valence-corrected chi connectivity index (χ2v) is 4.27. The second kappa shape index (κ2) is 5.12. The van der Waals surface area contributed by atoms with Gasteiger partial charge in [0.15, 0.2) is 11.8 Å². The average Bonchev–Trinajstić information content (AvgIpc) is 2.42. The Morgan fingerprint density at radius 2 is 1.90 bits per heavy atom. The van der Waals surface area contributed by atoms with Gasteiger partial charge in [-0.2, -0.15) is 5.10 Å². The summed E-state index contributed by atoms with van der Waals surface area (Å²) >= 11 is 0. The van der Waals surface area contributed by atoms with Crippen LogP contribution in [0, 0.1) is 0 Å². The van der Waals surface area contributed by atoms with E-state index < -0.39 is 18.0 Å². The van der Waals surface area contributed by atoms with Gasteiger partial charge >= 0.3 is 5.97 Å². The first-order valence-electron chi connectivity index (χ1n) is 5.88. The van der Waals surface area contributed by atoms with Gasteiger partial charge in [0.1, 0.15) is 0 Å². The van der Waals surface area contributed by atoms with Gasteiger partial charge in [-0.3, -0.25) is 9.59 Å². The van der Waals surface area contributed by atoms with E-state index in [0.717, 1.165) is 4.68 Å². The molecule has 104 valence electrons. The highest BCUT2D eigenvalue weighted by molar-refractivity contribution is 6.02. The van der Waals surface area contributed by atoms with Gasteiger partial charge in [-0.05, 0) is 13.0 Å². The van der Waals surface area contributed by atoms with Gasteiger partial charge < -0.3 is 10.5 Å². The third kappa shape index (κ3) is 2.37. The molecule has 7 nitrogen and oxygen atoms in total. The standard InChI is InChI=1S/C13H13N3O4/c1-7(11(14)17)20-13(19)10-8-5-3-4-6-9(8)12(18)16(2)15-10/h3-7H,1-2H3,(H2,14,17). The van der Waals surface area contributed by atoms with Crippen LogP contribution in [-0.4, -0.2) is 27.8 Å². The molecule has 7 heteroatoms. The van der Waals surface area contributed by atoms with Crippen molar-refractivity contribution >= 4 is 22.6 Å². The number of esters is 1. The molecule has 20 heavy (non-hydrogen) atoms. The summed E-state index contributed by atoms with van der Waals surface area (Å²) in [6.45, 7) is 1.37. The Balaban J connectivity index is 2.55. The van der Waals surface area contributed by atoms with Gasteiger partial charge in [-0.15, -0.1) is 0 Å². The van der Waals surface area contributed by atoms with Crippen molar-refractivity contribution in [2.45, 2.75) is 13.0 Å². The number of carbonyl (C=O) groups is 2. The molecule has 1 unspecified atom stereocenters. The lowest BCUT2D eigenvalue weighted by Gasteiger charge is -2.11. The van der Waals surface area contributed by atoms with Gasteiger partial charge in [0, 0.05) is 12.4 Å². The Bertz CT molecular complexity index is 751. The number of nitrogens with zero attached hydrogens (tertiary/aromatic N) is 2. The zero-order chi connectivity index (χ0) is 14.9. The number of hydrogen-bond donors (Lipinski definition) is 1. The number of fused-ring (bicyclic) bond motifs is 1. The van der Waals surface area contributed by atoms with Crippen LogP contribution in [0.15, 0.2) is 29.1 Å². The third-order valence-electron chi connectivity index (χ3n) is 2.83. The molecule has 2 rings (SSSR count). The van der Waals surface area contributed by atoms with Crippen LogP contribution in [0.5, 0.6) is 0 Å². The lowest BCUT2D eigenvalue weighted by atomic mass is 10.1. The summed E-state index contributed by atoms with van der Waals surface area (Å²) in [5.74, 6) is -1.56. The molecule has 0 saturated heterocycles. The van der Waals surface area contributed by atoms with E-state index in [1.807, 2.05) is 0 Å². The molecule has 1 atom stereocenters. The van der Waals surface area contributed by atoms with Crippen molar-refractivity contribution in [2.24, 2.45) is 12.8 Å². The number of primary amides is 1. The normalized spacial score (nSPS) is 12.1. The zero-order valence-corrected chi connectivity index (χ0v) is 11.0. The number of aromatic nitrogens is 2. The van der Waals surface area contributed by atoms with E-state index >= 15 is 0 Å². The number of carbonyl (C=O) groups excluding carboxylic acids is 2. The quantitative estimate of drug-likeness (QED) is 0.792. The predicted octanol–water partition coefficient (Wildman–Crippen LogP) is -0.0359. The Morgan fingerprint density at radius 1 is 1.30 bits per heavy atom. The van der Waals surface area contributed by atoms with Crippen molar-refractivity contribution in [3.63, 3.8) is 0 Å².